The van der Waals surface area contributed by atoms with Crippen molar-refractivity contribution < 1.29 is 55.5 Å². The summed E-state index contributed by atoms with van der Waals surface area (Å²) < 4.78 is 54.9. The molecule has 0 aliphatic rings. The monoisotopic (exact) mass is 745 g/mol. The summed E-state index contributed by atoms with van der Waals surface area (Å²) in [4.78, 5) is 45.1. The average molecular weight is 746 g/mol. The molecule has 0 radical (unpaired) electrons. The first-order valence-electron chi connectivity index (χ1n) is 14.0. The number of carbonyl (C=O) groups excluding carboxylic acids is 2. The number of carbonyl (C=O) groups is 4. The van der Waals surface area contributed by atoms with Gasteiger partial charge in [0.2, 0.25) is 15.9 Å². The molecule has 6 N–H and O–H groups in total. The minimum absolute atomic E-state index is 0. The predicted molar refractivity (Wildman–Crippen MR) is 190 cm³/mol. The molecule has 0 spiro atoms. The van der Waals surface area contributed by atoms with E-state index in [2.05, 4.69) is 15.4 Å². The van der Waals surface area contributed by atoms with Crippen LogP contribution in [0.4, 0.5) is 11.4 Å². The Labute approximate surface area is 296 Å². The number of amides is 2. The Balaban J connectivity index is 0.000000491. The number of carboxylic acids is 2. The van der Waals surface area contributed by atoms with E-state index in [0.29, 0.717) is 5.69 Å². The van der Waals surface area contributed by atoms with Gasteiger partial charge in [-0.3, -0.25) is 13.8 Å². The highest BCUT2D eigenvalue weighted by Crippen LogP contribution is 2.22. The Kier molecular flexibility index (Phi) is 16.1. The van der Waals surface area contributed by atoms with Gasteiger partial charge in [-0.05, 0) is 74.5 Å². The van der Waals surface area contributed by atoms with E-state index in [-0.39, 0.29) is 41.5 Å². The van der Waals surface area contributed by atoms with Gasteiger partial charge >= 0.3 is 11.9 Å². The zero-order chi connectivity index (χ0) is 36.4. The van der Waals surface area contributed by atoms with E-state index in [4.69, 9.17) is 14.4 Å². The third-order valence-electron chi connectivity index (χ3n) is 6.34. The van der Waals surface area contributed by atoms with E-state index >= 15 is 0 Å². The van der Waals surface area contributed by atoms with Crippen LogP contribution < -0.4 is 15.4 Å². The van der Waals surface area contributed by atoms with Crippen LogP contribution in [0.1, 0.15) is 46.7 Å². The second-order valence-electron chi connectivity index (χ2n) is 10.2. The van der Waals surface area contributed by atoms with Crippen molar-refractivity contribution in [1.82, 2.24) is 4.72 Å². The van der Waals surface area contributed by atoms with Gasteiger partial charge in [0.05, 0.1) is 21.9 Å². The number of rotatable bonds is 12. The van der Waals surface area contributed by atoms with E-state index in [0.717, 1.165) is 23.3 Å². The molecule has 0 atom stereocenters. The van der Waals surface area contributed by atoms with Crippen LogP contribution >= 0.6 is 0 Å². The van der Waals surface area contributed by atoms with Crippen LogP contribution in [0.5, 0.6) is 5.75 Å². The maximum atomic E-state index is 12.1. The fraction of sp³-hybridized carbons (Fsp3) is 0.176. The fourth-order valence-corrected chi connectivity index (χ4v) is 5.60. The zero-order valence-electron chi connectivity index (χ0n) is 25.9. The minimum atomic E-state index is -4.02. The Hall–Kier alpha value is -5.62. The topological polar surface area (TPSA) is 243 Å². The summed E-state index contributed by atoms with van der Waals surface area (Å²) in [6.07, 6.45) is 0. The van der Waals surface area contributed by atoms with Crippen LogP contribution in [0.15, 0.2) is 101 Å². The number of sulfonamides is 1. The average Bonchev–Trinajstić information content (AvgIpc) is 3.04. The first-order chi connectivity index (χ1) is 23.0. The number of hydrogen-bond donors (Lipinski definition) is 6. The first kappa shape index (κ1) is 43.4. The van der Waals surface area contributed by atoms with Crippen molar-refractivity contribution in [2.75, 3.05) is 23.8 Å². The van der Waals surface area contributed by atoms with Gasteiger partial charge in [0, 0.05) is 17.4 Å². The molecule has 2 amide bonds. The van der Waals surface area contributed by atoms with Crippen LogP contribution in [0.3, 0.4) is 0 Å². The van der Waals surface area contributed by atoms with E-state index in [1.165, 1.54) is 54.6 Å². The molecule has 0 aromatic heterocycles. The lowest BCUT2D eigenvalue weighted by Gasteiger charge is -2.09. The summed E-state index contributed by atoms with van der Waals surface area (Å²) in [5, 5.41) is 31.9. The van der Waals surface area contributed by atoms with Crippen LogP contribution in [0.2, 0.25) is 0 Å². The van der Waals surface area contributed by atoms with Crippen molar-refractivity contribution in [2.45, 2.75) is 38.5 Å². The molecule has 51 heavy (non-hydrogen) atoms. The molecule has 274 valence electrons. The summed E-state index contributed by atoms with van der Waals surface area (Å²) in [5.74, 6) is -4.24. The molecule has 4 aromatic carbocycles. The molecule has 4 aromatic rings. The fourth-order valence-electron chi connectivity index (χ4n) is 3.75. The molecule has 0 fully saturated rings. The molecule has 0 aliphatic carbocycles. The molecular weight excluding hydrogens is 707 g/mol. The Morgan fingerprint density at radius 1 is 0.647 bits per heavy atom. The summed E-state index contributed by atoms with van der Waals surface area (Å²) >= 11 is 0. The van der Waals surface area contributed by atoms with Crippen molar-refractivity contribution in [1.29, 1.82) is 0 Å². The summed E-state index contributed by atoms with van der Waals surface area (Å²) in [7, 11) is -7.85. The van der Waals surface area contributed by atoms with Gasteiger partial charge in [-0.15, -0.1) is 0 Å². The van der Waals surface area contributed by atoms with Gasteiger partial charge in [-0.1, -0.05) is 50.2 Å². The molecule has 0 bridgehead atoms. The largest absolute Gasteiger partial charge is 0.507 e. The normalized spacial score (nSPS) is 10.6. The van der Waals surface area contributed by atoms with Crippen LogP contribution in [0, 0.1) is 13.8 Å². The first-order valence-corrected chi connectivity index (χ1v) is 16.9. The molecule has 0 aliphatic heterocycles. The quantitative estimate of drug-likeness (QED) is 0.109. The second-order valence-corrected chi connectivity index (χ2v) is 13.6. The molecule has 0 saturated carbocycles. The van der Waals surface area contributed by atoms with Gasteiger partial charge in [0.25, 0.3) is 16.0 Å². The minimum Gasteiger partial charge on any atom is -0.507 e. The van der Waals surface area contributed by atoms with Crippen molar-refractivity contribution >= 4 is 55.3 Å². The maximum Gasteiger partial charge on any atom is 0.339 e. The highest BCUT2D eigenvalue weighted by molar-refractivity contribution is 7.89. The van der Waals surface area contributed by atoms with Crippen molar-refractivity contribution in [3.63, 3.8) is 0 Å². The van der Waals surface area contributed by atoms with Gasteiger partial charge in [0.1, 0.15) is 17.9 Å². The lowest BCUT2D eigenvalue weighted by Crippen LogP contribution is -2.32. The number of aromatic carboxylic acids is 2. The van der Waals surface area contributed by atoms with Gasteiger partial charge < -0.3 is 26.0 Å². The lowest BCUT2D eigenvalue weighted by atomic mass is 10.2. The third-order valence-corrected chi connectivity index (χ3v) is 9.03. The number of benzene rings is 4. The van der Waals surface area contributed by atoms with E-state index in [1.807, 2.05) is 13.8 Å². The number of anilines is 2. The number of nitrogens with one attached hydrogen (secondary N) is 3. The molecule has 0 unspecified atom stereocenters. The Morgan fingerprint density at radius 2 is 1.14 bits per heavy atom. The van der Waals surface area contributed by atoms with Crippen molar-refractivity contribution in [2.24, 2.45) is 0 Å². The maximum absolute atomic E-state index is 12.1. The number of carboxylic acid groups (broad SMARTS) is 2. The second kappa shape index (κ2) is 19.0. The molecular formula is C34H39N3O12S2. The Morgan fingerprint density at radius 3 is 1.63 bits per heavy atom. The number of phenols is 1. The van der Waals surface area contributed by atoms with Gasteiger partial charge in [-0.25, -0.2) is 22.7 Å². The van der Waals surface area contributed by atoms with Crippen molar-refractivity contribution in [3.8, 4) is 5.75 Å². The standard InChI is InChI=1S/C16H16N2O6S.C16H15NO6S.2CH4/c1-10-2-5-12(6-3-10)25(23,24)17-9-15(20)18-11-4-7-13(16(21)22)14(19)8-11;1-11-2-8-14(9-3-11)24(21,22)23-10-15(18)17-13-6-4-12(5-7-13)16(19)20;;/h2-8,17,19H,9H2,1H3,(H,18,20)(H,21,22);2-9H,10H2,1H3,(H,17,18)(H,19,20);2*1H4. The van der Waals surface area contributed by atoms with E-state index < -0.39 is 62.8 Å². The number of aryl methyl sites for hydroxylation is 2. The Bertz CT molecular complexity index is 2050. The number of hydrogen-bond acceptors (Lipinski definition) is 10. The molecule has 0 saturated heterocycles. The van der Waals surface area contributed by atoms with Crippen LogP contribution in [0.25, 0.3) is 0 Å². The highest BCUT2D eigenvalue weighted by Gasteiger charge is 2.18. The molecule has 4 rings (SSSR count). The highest BCUT2D eigenvalue weighted by atomic mass is 32.2. The van der Waals surface area contributed by atoms with Crippen LogP contribution in [-0.4, -0.2) is 69.1 Å². The number of aromatic hydroxyl groups is 1. The van der Waals surface area contributed by atoms with Gasteiger partial charge in [-0.2, -0.15) is 8.42 Å². The zero-order valence-corrected chi connectivity index (χ0v) is 27.5. The van der Waals surface area contributed by atoms with Crippen LogP contribution in [-0.2, 0) is 33.9 Å². The summed E-state index contributed by atoms with van der Waals surface area (Å²) in [6.45, 7) is 2.44. The smallest absolute Gasteiger partial charge is 0.339 e. The van der Waals surface area contributed by atoms with E-state index in [9.17, 15) is 41.1 Å². The molecule has 15 nitrogen and oxygen atoms in total. The lowest BCUT2D eigenvalue weighted by molar-refractivity contribution is -0.118. The predicted octanol–water partition coefficient (Wildman–Crippen LogP) is 4.63. The van der Waals surface area contributed by atoms with Crippen molar-refractivity contribution in [3.05, 3.63) is 113 Å². The third kappa shape index (κ3) is 13.3. The SMILES string of the molecule is C.C.Cc1ccc(S(=O)(=O)NCC(=O)Nc2ccc(C(=O)O)c(O)c2)cc1.Cc1ccc(S(=O)(=O)OCC(=O)Nc2ccc(C(=O)O)cc2)cc1. The van der Waals surface area contributed by atoms with Gasteiger partial charge in [0.15, 0.2) is 0 Å². The summed E-state index contributed by atoms with van der Waals surface area (Å²) in [6, 6.07) is 21.1. The molecule has 17 heteroatoms. The summed E-state index contributed by atoms with van der Waals surface area (Å²) in [5.41, 5.74) is 2.05. The van der Waals surface area contributed by atoms with E-state index in [1.54, 1.807) is 24.3 Å². The molecule has 0 heterocycles.